The number of ether oxygens (including phenoxy) is 2. The Bertz CT molecular complexity index is 953. The Kier molecular flexibility index (Phi) is 4.34. The molecule has 1 saturated heterocycles. The summed E-state index contributed by atoms with van der Waals surface area (Å²) in [5.41, 5.74) is 1.25. The van der Waals surface area contributed by atoms with Crippen LogP contribution < -0.4 is 10.1 Å². The molecule has 0 spiro atoms. The molecule has 148 valence electrons. The fraction of sp³-hybridized carbons (Fsp3) is 0.348. The number of hydrogen-bond acceptors (Lipinski definition) is 5. The molecule has 29 heavy (non-hydrogen) atoms. The number of carbonyl (C=O) groups excluding carboxylic acids is 3. The molecule has 3 fully saturated rings. The second kappa shape index (κ2) is 7.03. The number of Topliss-reactive ketones (excluding diaryl/α,β-unsaturated/α-hetero) is 1. The van der Waals surface area contributed by atoms with Crippen molar-refractivity contribution in [2.45, 2.75) is 18.9 Å². The van der Waals surface area contributed by atoms with Crippen LogP contribution in [-0.4, -0.2) is 30.4 Å². The van der Waals surface area contributed by atoms with Gasteiger partial charge in [-0.05, 0) is 43.0 Å². The van der Waals surface area contributed by atoms with Crippen molar-refractivity contribution < 1.29 is 23.9 Å². The maximum absolute atomic E-state index is 12.8. The van der Waals surface area contributed by atoms with Gasteiger partial charge in [0.1, 0.15) is 11.9 Å². The molecule has 2 aromatic rings. The molecule has 1 aliphatic heterocycles. The Morgan fingerprint density at radius 3 is 2.55 bits per heavy atom. The lowest BCUT2D eigenvalue weighted by Gasteiger charge is -2.23. The van der Waals surface area contributed by atoms with Crippen LogP contribution in [0.25, 0.3) is 0 Å². The van der Waals surface area contributed by atoms with Gasteiger partial charge in [-0.15, -0.1) is 0 Å². The molecule has 6 nitrogen and oxygen atoms in total. The molecule has 5 atom stereocenters. The van der Waals surface area contributed by atoms with E-state index in [1.165, 1.54) is 0 Å². The predicted octanol–water partition coefficient (Wildman–Crippen LogP) is 3.08. The van der Waals surface area contributed by atoms with E-state index in [-0.39, 0.29) is 54.0 Å². The van der Waals surface area contributed by atoms with Gasteiger partial charge in [0.15, 0.2) is 12.4 Å². The summed E-state index contributed by atoms with van der Waals surface area (Å²) < 4.78 is 11.0. The largest absolute Gasteiger partial charge is 0.485 e. The Balaban J connectivity index is 1.18. The van der Waals surface area contributed by atoms with E-state index in [4.69, 9.17) is 9.47 Å². The van der Waals surface area contributed by atoms with Gasteiger partial charge in [-0.25, -0.2) is 0 Å². The molecule has 2 aliphatic carbocycles. The van der Waals surface area contributed by atoms with Crippen molar-refractivity contribution in [3.05, 3.63) is 60.2 Å². The summed E-state index contributed by atoms with van der Waals surface area (Å²) >= 11 is 0. The summed E-state index contributed by atoms with van der Waals surface area (Å²) in [5, 5.41) is 2.92. The zero-order chi connectivity index (χ0) is 20.0. The molecular formula is C23H21NO5. The van der Waals surface area contributed by atoms with Crippen LogP contribution in [0.1, 0.15) is 23.2 Å². The van der Waals surface area contributed by atoms with E-state index in [0.29, 0.717) is 17.0 Å². The highest BCUT2D eigenvalue weighted by Gasteiger charge is 2.63. The Hall–Kier alpha value is -3.15. The van der Waals surface area contributed by atoms with Crippen molar-refractivity contribution in [1.29, 1.82) is 0 Å². The summed E-state index contributed by atoms with van der Waals surface area (Å²) in [7, 11) is 0. The first-order valence-corrected chi connectivity index (χ1v) is 9.92. The highest BCUT2D eigenvalue weighted by Crippen LogP contribution is 2.57. The highest BCUT2D eigenvalue weighted by molar-refractivity contribution is 5.97. The summed E-state index contributed by atoms with van der Waals surface area (Å²) in [4.78, 5) is 37.0. The van der Waals surface area contributed by atoms with Crippen molar-refractivity contribution in [1.82, 2.24) is 0 Å². The minimum atomic E-state index is -0.300. The van der Waals surface area contributed by atoms with Gasteiger partial charge in [-0.3, -0.25) is 14.4 Å². The third kappa shape index (κ3) is 3.18. The van der Waals surface area contributed by atoms with Gasteiger partial charge < -0.3 is 14.8 Å². The van der Waals surface area contributed by atoms with Crippen LogP contribution in [0.5, 0.6) is 5.75 Å². The second-order valence-corrected chi connectivity index (χ2v) is 8.01. The number of amides is 1. The van der Waals surface area contributed by atoms with E-state index in [0.717, 1.165) is 12.8 Å². The molecule has 0 unspecified atom stereocenters. The van der Waals surface area contributed by atoms with Crippen LogP contribution in [0.15, 0.2) is 54.6 Å². The molecule has 1 N–H and O–H groups in total. The first kappa shape index (κ1) is 17.9. The van der Waals surface area contributed by atoms with Crippen molar-refractivity contribution in [3.63, 3.8) is 0 Å². The van der Waals surface area contributed by atoms with Gasteiger partial charge in [0, 0.05) is 17.2 Å². The molecule has 0 radical (unpaired) electrons. The van der Waals surface area contributed by atoms with Gasteiger partial charge >= 0.3 is 5.97 Å². The maximum Gasteiger partial charge on any atom is 0.310 e. The Morgan fingerprint density at radius 2 is 1.79 bits per heavy atom. The van der Waals surface area contributed by atoms with Crippen LogP contribution in [0.2, 0.25) is 0 Å². The van der Waals surface area contributed by atoms with Gasteiger partial charge in [-0.1, -0.05) is 30.3 Å². The van der Waals surface area contributed by atoms with E-state index in [2.05, 4.69) is 5.32 Å². The van der Waals surface area contributed by atoms with E-state index < -0.39 is 0 Å². The maximum atomic E-state index is 12.8. The second-order valence-electron chi connectivity index (χ2n) is 8.01. The average Bonchev–Trinajstić information content (AvgIpc) is 3.36. The predicted molar refractivity (Wildman–Crippen MR) is 104 cm³/mol. The van der Waals surface area contributed by atoms with Gasteiger partial charge in [0.05, 0.1) is 11.8 Å². The molecule has 3 aliphatic rings. The summed E-state index contributed by atoms with van der Waals surface area (Å²) in [6.07, 6.45) is 1.73. The minimum absolute atomic E-state index is 0.0246. The van der Waals surface area contributed by atoms with Crippen LogP contribution in [0, 0.1) is 23.7 Å². The molecule has 1 amide bonds. The zero-order valence-corrected chi connectivity index (χ0v) is 15.7. The van der Waals surface area contributed by atoms with E-state index in [1.54, 1.807) is 36.4 Å². The smallest absolute Gasteiger partial charge is 0.310 e. The molecule has 0 aromatic heterocycles. The third-order valence-corrected chi connectivity index (χ3v) is 6.37. The zero-order valence-electron chi connectivity index (χ0n) is 15.7. The lowest BCUT2D eigenvalue weighted by molar-refractivity contribution is -0.145. The van der Waals surface area contributed by atoms with E-state index >= 15 is 0 Å². The monoisotopic (exact) mass is 391 g/mol. The average molecular weight is 391 g/mol. The molecule has 6 heteroatoms. The van der Waals surface area contributed by atoms with Gasteiger partial charge in [-0.2, -0.15) is 0 Å². The fourth-order valence-corrected chi connectivity index (χ4v) is 5.08. The van der Waals surface area contributed by atoms with Crippen LogP contribution in [0.3, 0.4) is 0 Å². The normalized spacial score (nSPS) is 28.8. The first-order chi connectivity index (χ1) is 14.1. The summed E-state index contributed by atoms with van der Waals surface area (Å²) in [6.45, 7) is -0.0498. The molecular weight excluding hydrogens is 370 g/mol. The van der Waals surface area contributed by atoms with Crippen molar-refractivity contribution in [2.75, 3.05) is 11.9 Å². The number of hydrogen-bond donors (Lipinski definition) is 1. The molecule has 2 bridgehead atoms. The van der Waals surface area contributed by atoms with E-state index in [1.807, 2.05) is 18.2 Å². The Labute approximate surface area is 168 Å². The number of fused-ring (bicyclic) bond motifs is 1. The molecule has 5 rings (SSSR count). The molecule has 1 heterocycles. The van der Waals surface area contributed by atoms with E-state index in [9.17, 15) is 14.4 Å². The van der Waals surface area contributed by atoms with Crippen LogP contribution in [-0.2, 0) is 14.3 Å². The van der Waals surface area contributed by atoms with Gasteiger partial charge in [0.2, 0.25) is 5.91 Å². The fourth-order valence-electron chi connectivity index (χ4n) is 5.08. The lowest BCUT2D eigenvalue weighted by Crippen LogP contribution is -2.35. The standard InChI is InChI=1S/C23H21NO5/c25-18(13-4-2-1-3-5-13)12-28-16-8-6-15(7-9-16)24-22(26)20-14-10-17-19(11-14)29-23(27)21(17)20/h1-9,14,17,19-21H,10-12H2,(H,24,26)/t14-,17+,19-,20+,21+/m0/s1. The van der Waals surface area contributed by atoms with Crippen molar-refractivity contribution in [2.24, 2.45) is 23.7 Å². The number of benzene rings is 2. The summed E-state index contributed by atoms with van der Waals surface area (Å²) in [5.74, 6) is -0.0274. The lowest BCUT2D eigenvalue weighted by atomic mass is 9.79. The minimum Gasteiger partial charge on any atom is -0.485 e. The Morgan fingerprint density at radius 1 is 1.03 bits per heavy atom. The number of nitrogens with one attached hydrogen (secondary N) is 1. The van der Waals surface area contributed by atoms with Crippen LogP contribution >= 0.6 is 0 Å². The van der Waals surface area contributed by atoms with Crippen molar-refractivity contribution in [3.8, 4) is 5.75 Å². The van der Waals surface area contributed by atoms with Crippen LogP contribution in [0.4, 0.5) is 5.69 Å². The molecule has 2 aromatic carbocycles. The number of esters is 1. The number of ketones is 1. The SMILES string of the molecule is O=C(COc1ccc(NC(=O)[C@@H]2[C@H]3C[C@H]4[C@H]2C(=O)O[C@H]4C3)cc1)c1ccccc1. The summed E-state index contributed by atoms with van der Waals surface area (Å²) in [6, 6.07) is 15.9. The molecule has 2 saturated carbocycles. The highest BCUT2D eigenvalue weighted by atomic mass is 16.6. The number of rotatable bonds is 6. The number of anilines is 1. The van der Waals surface area contributed by atoms with Crippen molar-refractivity contribution >= 4 is 23.3 Å². The third-order valence-electron chi connectivity index (χ3n) is 6.37. The van der Waals surface area contributed by atoms with Gasteiger partial charge in [0.25, 0.3) is 0 Å². The topological polar surface area (TPSA) is 81.7 Å². The number of carbonyl (C=O) groups is 3. The quantitative estimate of drug-likeness (QED) is 0.605. The first-order valence-electron chi connectivity index (χ1n) is 9.92.